The SMILES string of the molecule is O=S(=O)(c1ccccc1)C1CCN(S(=O)(=O)c2ccc(Cl)c(C(F)(F)F)c2)CC1. The molecule has 0 saturated carbocycles. The second-order valence-corrected chi connectivity index (χ2v) is 11.2. The topological polar surface area (TPSA) is 71.5 Å². The van der Waals surface area contributed by atoms with Crippen LogP contribution in [0.5, 0.6) is 0 Å². The Labute approximate surface area is 172 Å². The molecule has 11 heteroatoms. The third-order valence-electron chi connectivity index (χ3n) is 4.79. The van der Waals surface area contributed by atoms with Gasteiger partial charge in [-0.15, -0.1) is 0 Å². The summed E-state index contributed by atoms with van der Waals surface area (Å²) in [5.41, 5.74) is -1.23. The number of benzene rings is 2. The van der Waals surface area contributed by atoms with E-state index in [2.05, 4.69) is 0 Å². The number of sulfonamides is 1. The van der Waals surface area contributed by atoms with Gasteiger partial charge in [-0.1, -0.05) is 29.8 Å². The molecule has 0 unspecified atom stereocenters. The van der Waals surface area contributed by atoms with Crippen molar-refractivity contribution in [2.45, 2.75) is 34.1 Å². The number of halogens is 4. The molecule has 0 bridgehead atoms. The summed E-state index contributed by atoms with van der Waals surface area (Å²) in [6, 6.07) is 10.3. The second kappa shape index (κ2) is 7.90. The number of nitrogens with zero attached hydrogens (tertiary/aromatic N) is 1. The van der Waals surface area contributed by atoms with Gasteiger partial charge in [0.15, 0.2) is 9.84 Å². The van der Waals surface area contributed by atoms with Gasteiger partial charge < -0.3 is 0 Å². The first-order valence-electron chi connectivity index (χ1n) is 8.60. The van der Waals surface area contributed by atoms with Crippen LogP contribution in [0.4, 0.5) is 13.2 Å². The van der Waals surface area contributed by atoms with E-state index in [4.69, 9.17) is 11.6 Å². The molecule has 158 valence electrons. The monoisotopic (exact) mass is 467 g/mol. The van der Waals surface area contributed by atoms with E-state index >= 15 is 0 Å². The number of piperidine rings is 1. The molecule has 1 aliphatic heterocycles. The summed E-state index contributed by atoms with van der Waals surface area (Å²) < 4.78 is 91.1. The number of sulfone groups is 1. The minimum atomic E-state index is -4.79. The fraction of sp³-hybridized carbons (Fsp3) is 0.333. The largest absolute Gasteiger partial charge is 0.417 e. The average Bonchev–Trinajstić information content (AvgIpc) is 2.68. The molecule has 0 atom stereocenters. The summed E-state index contributed by atoms with van der Waals surface area (Å²) in [5, 5.41) is -1.35. The molecule has 29 heavy (non-hydrogen) atoms. The van der Waals surface area contributed by atoms with Gasteiger partial charge in [-0.05, 0) is 43.2 Å². The molecular formula is C18H17ClF3NO4S2. The van der Waals surface area contributed by atoms with Crippen LogP contribution in [-0.2, 0) is 26.0 Å². The molecule has 1 heterocycles. The van der Waals surface area contributed by atoms with E-state index in [0.29, 0.717) is 6.07 Å². The molecule has 0 aromatic heterocycles. The molecule has 1 saturated heterocycles. The summed E-state index contributed by atoms with van der Waals surface area (Å²) in [7, 11) is -7.83. The van der Waals surface area contributed by atoms with E-state index in [1.807, 2.05) is 0 Å². The Balaban J connectivity index is 1.80. The molecule has 2 aromatic carbocycles. The van der Waals surface area contributed by atoms with Gasteiger partial charge in [-0.25, -0.2) is 16.8 Å². The van der Waals surface area contributed by atoms with E-state index < -0.39 is 46.8 Å². The second-order valence-electron chi connectivity index (χ2n) is 6.60. The van der Waals surface area contributed by atoms with Crippen molar-refractivity contribution in [3.63, 3.8) is 0 Å². The average molecular weight is 468 g/mol. The lowest BCUT2D eigenvalue weighted by Gasteiger charge is -2.31. The van der Waals surface area contributed by atoms with Gasteiger partial charge >= 0.3 is 6.18 Å². The van der Waals surface area contributed by atoms with Crippen LogP contribution >= 0.6 is 11.6 Å². The third-order valence-corrected chi connectivity index (χ3v) is 9.30. The van der Waals surface area contributed by atoms with Crippen LogP contribution in [0.2, 0.25) is 5.02 Å². The minimum Gasteiger partial charge on any atom is -0.223 e. The maximum atomic E-state index is 13.0. The Bertz CT molecular complexity index is 1100. The predicted molar refractivity (Wildman–Crippen MR) is 102 cm³/mol. The molecule has 0 radical (unpaired) electrons. The normalized spacial score (nSPS) is 17.4. The first-order valence-corrected chi connectivity index (χ1v) is 12.0. The smallest absolute Gasteiger partial charge is 0.223 e. The van der Waals surface area contributed by atoms with E-state index in [1.165, 1.54) is 12.1 Å². The van der Waals surface area contributed by atoms with Crippen LogP contribution < -0.4 is 0 Å². The van der Waals surface area contributed by atoms with Crippen molar-refractivity contribution in [1.29, 1.82) is 0 Å². The lowest BCUT2D eigenvalue weighted by Crippen LogP contribution is -2.42. The Morgan fingerprint density at radius 2 is 1.48 bits per heavy atom. The summed E-state index contributed by atoms with van der Waals surface area (Å²) in [5.74, 6) is 0. The predicted octanol–water partition coefficient (Wildman–Crippen LogP) is 3.99. The molecule has 0 aliphatic carbocycles. The number of rotatable bonds is 4. The fourth-order valence-corrected chi connectivity index (χ4v) is 6.69. The standard InChI is InChI=1S/C18H17ClF3NO4S2/c19-17-7-6-15(12-16(17)18(20,21)22)29(26,27)23-10-8-14(9-11-23)28(24,25)13-4-2-1-3-5-13/h1-7,12,14H,8-11H2. The third kappa shape index (κ3) is 4.45. The molecular weight excluding hydrogens is 451 g/mol. The van der Waals surface area contributed by atoms with Gasteiger partial charge in [0.2, 0.25) is 10.0 Å². The highest BCUT2D eigenvalue weighted by molar-refractivity contribution is 7.92. The van der Waals surface area contributed by atoms with Crippen LogP contribution in [0.25, 0.3) is 0 Å². The molecule has 5 nitrogen and oxygen atoms in total. The lowest BCUT2D eigenvalue weighted by molar-refractivity contribution is -0.137. The van der Waals surface area contributed by atoms with Crippen molar-refractivity contribution >= 4 is 31.5 Å². The molecule has 3 rings (SSSR count). The van der Waals surface area contributed by atoms with E-state index in [1.54, 1.807) is 18.2 Å². The molecule has 0 spiro atoms. The van der Waals surface area contributed by atoms with Crippen LogP contribution in [0.15, 0.2) is 58.3 Å². The molecule has 2 aromatic rings. The Morgan fingerprint density at radius 3 is 2.03 bits per heavy atom. The van der Waals surface area contributed by atoms with Crippen molar-refractivity contribution in [2.75, 3.05) is 13.1 Å². The quantitative estimate of drug-likeness (QED) is 0.681. The maximum absolute atomic E-state index is 13.0. The van der Waals surface area contributed by atoms with Gasteiger partial charge in [-0.3, -0.25) is 0 Å². The van der Waals surface area contributed by atoms with Crippen molar-refractivity contribution in [3.8, 4) is 0 Å². The highest BCUT2D eigenvalue weighted by atomic mass is 35.5. The highest BCUT2D eigenvalue weighted by Crippen LogP contribution is 2.37. The summed E-state index contributed by atoms with van der Waals surface area (Å²) in [6.07, 6.45) is -4.69. The molecule has 0 amide bonds. The lowest BCUT2D eigenvalue weighted by atomic mass is 10.2. The van der Waals surface area contributed by atoms with Crippen LogP contribution in [0.1, 0.15) is 18.4 Å². The van der Waals surface area contributed by atoms with Gasteiger partial charge in [0.05, 0.1) is 25.6 Å². The van der Waals surface area contributed by atoms with Gasteiger partial charge in [0.1, 0.15) is 0 Å². The Hall–Kier alpha value is -1.62. The van der Waals surface area contributed by atoms with Gasteiger partial charge in [-0.2, -0.15) is 17.5 Å². The maximum Gasteiger partial charge on any atom is 0.417 e. The van der Waals surface area contributed by atoms with Crippen molar-refractivity contribution in [2.24, 2.45) is 0 Å². The van der Waals surface area contributed by atoms with E-state index in [-0.39, 0.29) is 30.8 Å². The van der Waals surface area contributed by atoms with Gasteiger partial charge in [0.25, 0.3) is 0 Å². The number of hydrogen-bond donors (Lipinski definition) is 0. The van der Waals surface area contributed by atoms with Crippen LogP contribution in [0, 0.1) is 0 Å². The Morgan fingerprint density at radius 1 is 0.897 bits per heavy atom. The zero-order valence-corrected chi connectivity index (χ0v) is 17.3. The Kier molecular flexibility index (Phi) is 6.01. The summed E-state index contributed by atoms with van der Waals surface area (Å²) >= 11 is 5.55. The summed E-state index contributed by atoms with van der Waals surface area (Å²) in [6.45, 7) is -0.216. The number of alkyl halides is 3. The van der Waals surface area contributed by atoms with Gasteiger partial charge in [0, 0.05) is 13.1 Å². The zero-order chi connectivity index (χ0) is 21.4. The fourth-order valence-electron chi connectivity index (χ4n) is 3.22. The van der Waals surface area contributed by atoms with Crippen LogP contribution in [0.3, 0.4) is 0 Å². The van der Waals surface area contributed by atoms with Crippen molar-refractivity contribution in [1.82, 2.24) is 4.31 Å². The summed E-state index contributed by atoms with van der Waals surface area (Å²) in [4.78, 5) is -0.368. The first kappa shape index (κ1) is 22.1. The van der Waals surface area contributed by atoms with E-state index in [0.717, 1.165) is 16.4 Å². The number of hydrogen-bond acceptors (Lipinski definition) is 4. The molecule has 0 N–H and O–H groups in total. The van der Waals surface area contributed by atoms with Crippen molar-refractivity contribution in [3.05, 3.63) is 59.1 Å². The highest BCUT2D eigenvalue weighted by Gasteiger charge is 2.38. The zero-order valence-electron chi connectivity index (χ0n) is 14.9. The van der Waals surface area contributed by atoms with Crippen molar-refractivity contribution < 1.29 is 30.0 Å². The molecule has 1 fully saturated rings. The molecule has 1 aliphatic rings. The van der Waals surface area contributed by atoms with E-state index in [9.17, 15) is 30.0 Å². The first-order chi connectivity index (χ1) is 13.4. The minimum absolute atomic E-state index is 0.0518. The van der Waals surface area contributed by atoms with Crippen LogP contribution in [-0.4, -0.2) is 39.5 Å².